The second kappa shape index (κ2) is 7.06. The molecule has 1 heterocycles. The van der Waals surface area contributed by atoms with Gasteiger partial charge in [-0.3, -0.25) is 4.79 Å². The fourth-order valence-electron chi connectivity index (χ4n) is 2.91. The Bertz CT molecular complexity index is 1260. The summed E-state index contributed by atoms with van der Waals surface area (Å²) in [6, 6.07) is 19.8. The first-order valence-corrected chi connectivity index (χ1v) is 9.86. The van der Waals surface area contributed by atoms with E-state index >= 15 is 0 Å². The molecule has 126 valence electrons. The summed E-state index contributed by atoms with van der Waals surface area (Å²) in [4.78, 5) is 17.7. The molecule has 0 aliphatic rings. The van der Waals surface area contributed by atoms with Crippen LogP contribution in [0.15, 0.2) is 65.7 Å². The maximum Gasteiger partial charge on any atom is 0.280 e. The Hall–Kier alpha value is -2.43. The van der Waals surface area contributed by atoms with Crippen LogP contribution < -0.4 is 4.80 Å². The summed E-state index contributed by atoms with van der Waals surface area (Å²) in [5.74, 6) is 2.42. The smallest absolute Gasteiger partial charge is 0.280 e. The van der Waals surface area contributed by atoms with Gasteiger partial charge >= 0.3 is 0 Å². The zero-order chi connectivity index (χ0) is 18.1. The van der Waals surface area contributed by atoms with E-state index < -0.39 is 0 Å². The molecule has 0 radical (unpaired) electrons. The summed E-state index contributed by atoms with van der Waals surface area (Å²) in [5, 5.41) is 2.30. The molecule has 4 rings (SSSR count). The molecule has 0 fully saturated rings. The molecule has 0 spiro atoms. The number of carbonyl (C=O) groups excluding carboxylic acids is 1. The molecule has 1 aromatic heterocycles. The number of terminal acetylenes is 1. The van der Waals surface area contributed by atoms with Crippen molar-refractivity contribution in [3.8, 4) is 12.3 Å². The van der Waals surface area contributed by atoms with E-state index in [2.05, 4.69) is 51.7 Å². The van der Waals surface area contributed by atoms with E-state index in [0.29, 0.717) is 16.9 Å². The lowest BCUT2D eigenvalue weighted by atomic mass is 10.1. The average Bonchev–Trinajstić information content (AvgIpc) is 3.00. The number of aromatic nitrogens is 1. The quantitative estimate of drug-likeness (QED) is 0.307. The van der Waals surface area contributed by atoms with Crippen molar-refractivity contribution in [1.29, 1.82) is 0 Å². The van der Waals surface area contributed by atoms with Gasteiger partial charge < -0.3 is 4.57 Å². The van der Waals surface area contributed by atoms with Crippen molar-refractivity contribution < 1.29 is 4.79 Å². The minimum absolute atomic E-state index is 0.253. The minimum Gasteiger partial charge on any atom is -0.305 e. The van der Waals surface area contributed by atoms with Crippen LogP contribution in [0.2, 0.25) is 0 Å². The van der Waals surface area contributed by atoms with E-state index in [-0.39, 0.29) is 5.91 Å². The van der Waals surface area contributed by atoms with Gasteiger partial charge in [-0.05, 0) is 46.2 Å². The molecular weight excluding hydrogens is 455 g/mol. The highest BCUT2D eigenvalue weighted by atomic mass is 127. The maximum absolute atomic E-state index is 12.7. The molecule has 5 heteroatoms. The van der Waals surface area contributed by atoms with Crippen LogP contribution >= 0.6 is 33.9 Å². The third-order valence-corrected chi connectivity index (χ3v) is 6.19. The number of halogens is 1. The standard InChI is InChI=1S/C21H13IN2OS/c1-2-13-24-18-12-11-14-7-3-4-8-15(14)19(18)26-21(24)23-20(25)16-9-5-6-10-17(16)22/h1,3-12H,13H2. The third-order valence-electron chi connectivity index (χ3n) is 4.12. The van der Waals surface area contributed by atoms with Gasteiger partial charge in [0.2, 0.25) is 0 Å². The fraction of sp³-hybridized carbons (Fsp3) is 0.0476. The Balaban J connectivity index is 1.98. The predicted octanol–water partition coefficient (Wildman–Crippen LogP) is 4.83. The highest BCUT2D eigenvalue weighted by Crippen LogP contribution is 2.27. The summed E-state index contributed by atoms with van der Waals surface area (Å²) in [6.07, 6.45) is 5.56. The summed E-state index contributed by atoms with van der Waals surface area (Å²) in [5.41, 5.74) is 1.60. The average molecular weight is 468 g/mol. The molecule has 0 unspecified atom stereocenters. The second-order valence-corrected chi connectivity index (χ2v) is 7.85. The number of rotatable bonds is 2. The van der Waals surface area contributed by atoms with E-state index in [9.17, 15) is 4.79 Å². The van der Waals surface area contributed by atoms with Crippen molar-refractivity contribution in [2.24, 2.45) is 4.99 Å². The van der Waals surface area contributed by atoms with Crippen molar-refractivity contribution >= 4 is 60.8 Å². The van der Waals surface area contributed by atoms with Crippen LogP contribution in [0.1, 0.15) is 10.4 Å². The van der Waals surface area contributed by atoms with Gasteiger partial charge in [0.25, 0.3) is 5.91 Å². The first kappa shape index (κ1) is 17.0. The fourth-order valence-corrected chi connectivity index (χ4v) is 4.69. The number of nitrogens with zero attached hydrogens (tertiary/aromatic N) is 2. The van der Waals surface area contributed by atoms with Gasteiger partial charge in [0.1, 0.15) is 0 Å². The van der Waals surface area contributed by atoms with E-state index in [0.717, 1.165) is 24.6 Å². The molecule has 4 aromatic rings. The van der Waals surface area contributed by atoms with E-state index in [1.807, 2.05) is 41.0 Å². The normalized spacial score (nSPS) is 11.8. The lowest BCUT2D eigenvalue weighted by Gasteiger charge is -2.02. The van der Waals surface area contributed by atoms with Crippen LogP contribution in [0, 0.1) is 15.9 Å². The first-order valence-electron chi connectivity index (χ1n) is 7.97. The van der Waals surface area contributed by atoms with Crippen LogP contribution in [0.25, 0.3) is 21.0 Å². The number of carbonyl (C=O) groups is 1. The van der Waals surface area contributed by atoms with E-state index in [1.54, 1.807) is 6.07 Å². The summed E-state index contributed by atoms with van der Waals surface area (Å²) in [6.45, 7) is 0.371. The minimum atomic E-state index is -0.253. The lowest BCUT2D eigenvalue weighted by molar-refractivity contribution is 0.0997. The Kier molecular flexibility index (Phi) is 4.62. The van der Waals surface area contributed by atoms with Crippen molar-refractivity contribution in [2.75, 3.05) is 0 Å². The highest BCUT2D eigenvalue weighted by molar-refractivity contribution is 14.1. The monoisotopic (exact) mass is 468 g/mol. The van der Waals surface area contributed by atoms with Gasteiger partial charge in [0.15, 0.2) is 4.80 Å². The van der Waals surface area contributed by atoms with Crippen LogP contribution in [-0.4, -0.2) is 10.5 Å². The molecule has 0 saturated carbocycles. The van der Waals surface area contributed by atoms with Crippen LogP contribution in [-0.2, 0) is 6.54 Å². The molecule has 0 N–H and O–H groups in total. The molecule has 0 atom stereocenters. The molecular formula is C21H13IN2OS. The van der Waals surface area contributed by atoms with Gasteiger partial charge in [-0.2, -0.15) is 4.99 Å². The Morgan fingerprint density at radius 3 is 2.69 bits per heavy atom. The van der Waals surface area contributed by atoms with Crippen molar-refractivity contribution in [3.63, 3.8) is 0 Å². The molecule has 3 nitrogen and oxygen atoms in total. The Morgan fingerprint density at radius 2 is 1.88 bits per heavy atom. The highest BCUT2D eigenvalue weighted by Gasteiger charge is 2.12. The Labute approximate surface area is 168 Å². The molecule has 0 aliphatic heterocycles. The van der Waals surface area contributed by atoms with Crippen molar-refractivity contribution in [1.82, 2.24) is 4.57 Å². The first-order chi connectivity index (χ1) is 12.7. The Morgan fingerprint density at radius 1 is 1.12 bits per heavy atom. The van der Waals surface area contributed by atoms with Crippen LogP contribution in [0.3, 0.4) is 0 Å². The van der Waals surface area contributed by atoms with Crippen molar-refractivity contribution in [3.05, 3.63) is 74.6 Å². The van der Waals surface area contributed by atoms with Crippen LogP contribution in [0.4, 0.5) is 0 Å². The summed E-state index contributed by atoms with van der Waals surface area (Å²) >= 11 is 3.65. The molecule has 0 aliphatic carbocycles. The lowest BCUT2D eigenvalue weighted by Crippen LogP contribution is -2.16. The maximum atomic E-state index is 12.7. The van der Waals surface area contributed by atoms with E-state index in [4.69, 9.17) is 6.42 Å². The molecule has 0 bridgehead atoms. The third kappa shape index (κ3) is 2.96. The van der Waals surface area contributed by atoms with Gasteiger partial charge in [-0.1, -0.05) is 59.7 Å². The van der Waals surface area contributed by atoms with Gasteiger partial charge in [-0.25, -0.2) is 0 Å². The number of benzene rings is 3. The van der Waals surface area contributed by atoms with Crippen molar-refractivity contribution in [2.45, 2.75) is 6.54 Å². The number of amides is 1. The molecule has 26 heavy (non-hydrogen) atoms. The zero-order valence-electron chi connectivity index (χ0n) is 13.6. The van der Waals surface area contributed by atoms with E-state index in [1.165, 1.54) is 11.3 Å². The molecule has 1 amide bonds. The van der Waals surface area contributed by atoms with Gasteiger partial charge in [-0.15, -0.1) is 6.42 Å². The number of thiazole rings is 1. The largest absolute Gasteiger partial charge is 0.305 e. The molecule has 3 aromatic carbocycles. The number of hydrogen-bond acceptors (Lipinski definition) is 2. The SMILES string of the molecule is C#CCn1c(=NC(=O)c2ccccc2I)sc2c3ccccc3ccc21. The zero-order valence-corrected chi connectivity index (χ0v) is 16.6. The molecule has 0 saturated heterocycles. The van der Waals surface area contributed by atoms with Gasteiger partial charge in [0, 0.05) is 8.96 Å². The van der Waals surface area contributed by atoms with Gasteiger partial charge in [0.05, 0.1) is 22.3 Å². The van der Waals surface area contributed by atoms with Crippen LogP contribution in [0.5, 0.6) is 0 Å². The summed E-state index contributed by atoms with van der Waals surface area (Å²) < 4.78 is 3.90. The topological polar surface area (TPSA) is 34.4 Å². The number of hydrogen-bond donors (Lipinski definition) is 0. The summed E-state index contributed by atoms with van der Waals surface area (Å²) in [7, 11) is 0. The second-order valence-electron chi connectivity index (χ2n) is 5.71. The predicted molar refractivity (Wildman–Crippen MR) is 115 cm³/mol. The number of fused-ring (bicyclic) bond motifs is 3.